The molecule has 144 valence electrons. The minimum Gasteiger partial charge on any atom is -0.478 e. The van der Waals surface area contributed by atoms with Crippen LogP contribution in [0.3, 0.4) is 0 Å². The molecule has 0 saturated heterocycles. The Labute approximate surface area is 162 Å². The van der Waals surface area contributed by atoms with Crippen molar-refractivity contribution in [3.63, 3.8) is 0 Å². The molecule has 0 heterocycles. The zero-order valence-electron chi connectivity index (χ0n) is 17.2. The maximum absolute atomic E-state index is 12.9. The van der Waals surface area contributed by atoms with Crippen LogP contribution in [0.2, 0.25) is 0 Å². The lowest BCUT2D eigenvalue weighted by molar-refractivity contribution is 0.0696. The van der Waals surface area contributed by atoms with Crippen molar-refractivity contribution in [2.24, 2.45) is 0 Å². The van der Waals surface area contributed by atoms with Gasteiger partial charge in [-0.3, -0.25) is 4.79 Å². The Balaban J connectivity index is 2.23. The van der Waals surface area contributed by atoms with Crippen LogP contribution in [0.4, 0.5) is 0 Å². The summed E-state index contributed by atoms with van der Waals surface area (Å²) >= 11 is 0. The summed E-state index contributed by atoms with van der Waals surface area (Å²) in [4.78, 5) is 23.8. The van der Waals surface area contributed by atoms with Gasteiger partial charge in [-0.25, -0.2) is 4.79 Å². The summed E-state index contributed by atoms with van der Waals surface area (Å²) in [6.45, 7) is 13.0. The standard InChI is InChI=1S/C24H30O3/c1-23(2,3)19-13-18(14-20(15-19)24(4,5)6)21(25)12-9-16-7-10-17(11-8-16)22(26)27/h7-8,10-11,13-15H,9,12H2,1-6H3,(H,26,27). The number of benzene rings is 2. The normalized spacial score (nSPS) is 12.1. The Morgan fingerprint density at radius 3 is 1.67 bits per heavy atom. The second-order valence-electron chi connectivity index (χ2n) is 9.22. The van der Waals surface area contributed by atoms with Crippen molar-refractivity contribution < 1.29 is 14.7 Å². The zero-order chi connectivity index (χ0) is 20.4. The van der Waals surface area contributed by atoms with E-state index in [1.807, 2.05) is 12.1 Å². The fourth-order valence-electron chi connectivity index (χ4n) is 2.87. The van der Waals surface area contributed by atoms with Gasteiger partial charge in [-0.2, -0.15) is 0 Å². The number of rotatable bonds is 5. The summed E-state index contributed by atoms with van der Waals surface area (Å²) in [5.74, 6) is -0.819. The topological polar surface area (TPSA) is 54.4 Å². The van der Waals surface area contributed by atoms with E-state index in [9.17, 15) is 9.59 Å². The molecule has 2 aromatic rings. The Morgan fingerprint density at radius 2 is 1.26 bits per heavy atom. The SMILES string of the molecule is CC(C)(C)c1cc(C(=O)CCc2ccc(C(=O)O)cc2)cc(C(C)(C)C)c1. The summed E-state index contributed by atoms with van der Waals surface area (Å²) in [5, 5.41) is 8.97. The van der Waals surface area contributed by atoms with E-state index in [0.29, 0.717) is 12.8 Å². The van der Waals surface area contributed by atoms with Crippen LogP contribution in [0.15, 0.2) is 42.5 Å². The molecule has 0 aliphatic carbocycles. The molecule has 0 bridgehead atoms. The molecule has 0 spiro atoms. The van der Waals surface area contributed by atoms with Gasteiger partial charge < -0.3 is 5.11 Å². The third kappa shape index (κ3) is 5.53. The number of aryl methyl sites for hydroxylation is 1. The quantitative estimate of drug-likeness (QED) is 0.681. The molecule has 3 heteroatoms. The van der Waals surface area contributed by atoms with Crippen LogP contribution in [0, 0.1) is 0 Å². The van der Waals surface area contributed by atoms with Crippen molar-refractivity contribution in [1.29, 1.82) is 0 Å². The Hall–Kier alpha value is -2.42. The molecule has 1 N–H and O–H groups in total. The van der Waals surface area contributed by atoms with Crippen molar-refractivity contribution in [3.05, 3.63) is 70.3 Å². The predicted molar refractivity (Wildman–Crippen MR) is 110 cm³/mol. The summed E-state index contributed by atoms with van der Waals surface area (Å²) in [6.07, 6.45) is 1.01. The van der Waals surface area contributed by atoms with Crippen molar-refractivity contribution in [3.8, 4) is 0 Å². The van der Waals surface area contributed by atoms with Gasteiger partial charge in [0.2, 0.25) is 0 Å². The largest absolute Gasteiger partial charge is 0.478 e. The highest BCUT2D eigenvalue weighted by Gasteiger charge is 2.22. The van der Waals surface area contributed by atoms with Crippen molar-refractivity contribution in [2.75, 3.05) is 0 Å². The van der Waals surface area contributed by atoms with Crippen LogP contribution in [-0.2, 0) is 17.3 Å². The summed E-state index contributed by atoms with van der Waals surface area (Å²) in [7, 11) is 0. The number of carboxylic acids is 1. The summed E-state index contributed by atoms with van der Waals surface area (Å²) in [5.41, 5.74) is 4.28. The Morgan fingerprint density at radius 1 is 0.778 bits per heavy atom. The molecule has 3 nitrogen and oxygen atoms in total. The number of aromatic carboxylic acids is 1. The van der Waals surface area contributed by atoms with E-state index >= 15 is 0 Å². The highest BCUT2D eigenvalue weighted by molar-refractivity contribution is 5.96. The molecule has 2 rings (SSSR count). The first-order valence-corrected chi connectivity index (χ1v) is 9.39. The van der Waals surface area contributed by atoms with Crippen LogP contribution in [0.1, 0.15) is 85.4 Å². The molecular weight excluding hydrogens is 336 g/mol. The lowest BCUT2D eigenvalue weighted by Crippen LogP contribution is -2.18. The van der Waals surface area contributed by atoms with Gasteiger partial charge in [0, 0.05) is 12.0 Å². The van der Waals surface area contributed by atoms with Crippen LogP contribution in [0.25, 0.3) is 0 Å². The van der Waals surface area contributed by atoms with Gasteiger partial charge in [-0.1, -0.05) is 59.7 Å². The number of carbonyl (C=O) groups excluding carboxylic acids is 1. The van der Waals surface area contributed by atoms with Gasteiger partial charge in [0.1, 0.15) is 0 Å². The Bertz CT molecular complexity index is 799. The van der Waals surface area contributed by atoms with Gasteiger partial charge in [0.05, 0.1) is 5.56 Å². The number of carbonyl (C=O) groups is 2. The number of carboxylic acid groups (broad SMARTS) is 1. The van der Waals surface area contributed by atoms with Gasteiger partial charge >= 0.3 is 5.97 Å². The monoisotopic (exact) mass is 366 g/mol. The lowest BCUT2D eigenvalue weighted by atomic mass is 9.79. The summed E-state index contributed by atoms with van der Waals surface area (Å²) in [6, 6.07) is 13.0. The number of hydrogen-bond acceptors (Lipinski definition) is 2. The van der Waals surface area contributed by atoms with E-state index in [4.69, 9.17) is 5.11 Å². The van der Waals surface area contributed by atoms with E-state index in [0.717, 1.165) is 11.1 Å². The fraction of sp³-hybridized carbons (Fsp3) is 0.417. The molecule has 0 amide bonds. The molecule has 0 unspecified atom stereocenters. The van der Waals surface area contributed by atoms with Crippen molar-refractivity contribution in [2.45, 2.75) is 65.2 Å². The van der Waals surface area contributed by atoms with Gasteiger partial charge in [-0.05, 0) is 58.2 Å². The van der Waals surface area contributed by atoms with Crippen molar-refractivity contribution >= 4 is 11.8 Å². The summed E-state index contributed by atoms with van der Waals surface area (Å²) < 4.78 is 0. The first-order chi connectivity index (χ1) is 12.4. The fourth-order valence-corrected chi connectivity index (χ4v) is 2.87. The highest BCUT2D eigenvalue weighted by atomic mass is 16.4. The van der Waals surface area contributed by atoms with E-state index in [1.54, 1.807) is 24.3 Å². The molecule has 27 heavy (non-hydrogen) atoms. The van der Waals surface area contributed by atoms with E-state index < -0.39 is 5.97 Å². The number of hydrogen-bond donors (Lipinski definition) is 1. The number of Topliss-reactive ketones (excluding diaryl/α,β-unsaturated/α-hetero) is 1. The van der Waals surface area contributed by atoms with Gasteiger partial charge in [-0.15, -0.1) is 0 Å². The average molecular weight is 367 g/mol. The second-order valence-corrected chi connectivity index (χ2v) is 9.22. The average Bonchev–Trinajstić information content (AvgIpc) is 2.58. The Kier molecular flexibility index (Phi) is 5.94. The highest BCUT2D eigenvalue weighted by Crippen LogP contribution is 2.30. The lowest BCUT2D eigenvalue weighted by Gasteiger charge is -2.26. The van der Waals surface area contributed by atoms with Crippen molar-refractivity contribution in [1.82, 2.24) is 0 Å². The molecule has 0 fully saturated rings. The molecule has 0 aliphatic heterocycles. The molecule has 2 aromatic carbocycles. The first-order valence-electron chi connectivity index (χ1n) is 9.39. The van der Waals surface area contributed by atoms with Crippen LogP contribution >= 0.6 is 0 Å². The van der Waals surface area contributed by atoms with Crippen LogP contribution in [0.5, 0.6) is 0 Å². The first kappa shape index (κ1) is 20.9. The van der Waals surface area contributed by atoms with E-state index in [2.05, 4.69) is 47.6 Å². The zero-order valence-corrected chi connectivity index (χ0v) is 17.2. The third-order valence-corrected chi connectivity index (χ3v) is 4.83. The molecule has 0 atom stereocenters. The maximum Gasteiger partial charge on any atom is 0.335 e. The minimum absolute atomic E-state index is 0.0248. The molecule has 0 saturated carbocycles. The third-order valence-electron chi connectivity index (χ3n) is 4.83. The molecular formula is C24H30O3. The molecule has 0 aromatic heterocycles. The molecule has 0 radical (unpaired) electrons. The molecule has 0 aliphatic rings. The maximum atomic E-state index is 12.9. The van der Waals surface area contributed by atoms with Crippen LogP contribution in [-0.4, -0.2) is 16.9 Å². The minimum atomic E-state index is -0.939. The van der Waals surface area contributed by atoms with Gasteiger partial charge in [0.15, 0.2) is 5.78 Å². The van der Waals surface area contributed by atoms with E-state index in [1.165, 1.54) is 11.1 Å². The smallest absolute Gasteiger partial charge is 0.335 e. The predicted octanol–water partition coefficient (Wildman–Crippen LogP) is 5.80. The second kappa shape index (κ2) is 7.67. The van der Waals surface area contributed by atoms with Gasteiger partial charge in [0.25, 0.3) is 0 Å². The number of ketones is 1. The van der Waals surface area contributed by atoms with Crippen LogP contribution < -0.4 is 0 Å². The van der Waals surface area contributed by atoms with E-state index in [-0.39, 0.29) is 22.2 Å².